The minimum Gasteiger partial charge on any atom is -0.321 e. The van der Waals surface area contributed by atoms with Gasteiger partial charge in [0.2, 0.25) is 5.91 Å². The number of benzene rings is 2. The number of alkyl halides is 3. The lowest BCUT2D eigenvalue weighted by Crippen LogP contribution is -2.30. The second-order valence-electron chi connectivity index (χ2n) is 7.17. The lowest BCUT2D eigenvalue weighted by molar-refractivity contribution is -0.143. The van der Waals surface area contributed by atoms with Crippen LogP contribution in [0, 0.1) is 23.3 Å². The quantitative estimate of drug-likeness (QED) is 0.263. The van der Waals surface area contributed by atoms with E-state index in [0.717, 1.165) is 4.90 Å². The lowest BCUT2D eigenvalue weighted by atomic mass is 10.1. The van der Waals surface area contributed by atoms with Crippen LogP contribution in [-0.2, 0) is 11.0 Å². The normalized spacial score (nSPS) is 13.5. The predicted octanol–water partition coefficient (Wildman–Crippen LogP) is 5.06. The number of carbonyl (C=O) groups excluding carboxylic acids is 3. The van der Waals surface area contributed by atoms with Crippen LogP contribution in [0.5, 0.6) is 0 Å². The molecule has 0 atom stereocenters. The second-order valence-corrected chi connectivity index (χ2v) is 7.17. The highest BCUT2D eigenvalue weighted by Gasteiger charge is 2.42. The Morgan fingerprint density at radius 1 is 0.818 bits per heavy atom. The first kappa shape index (κ1) is 24.2. The van der Waals surface area contributed by atoms with Gasteiger partial charge in [-0.15, -0.1) is 0 Å². The van der Waals surface area contributed by atoms with Crippen molar-refractivity contribution in [1.82, 2.24) is 4.90 Å². The number of rotatable bonds is 7. The number of amides is 3. The zero-order chi connectivity index (χ0) is 24.5. The van der Waals surface area contributed by atoms with Crippen LogP contribution in [0.3, 0.4) is 0 Å². The molecule has 1 aliphatic heterocycles. The number of nitrogens with zero attached hydrogens (tertiary/aromatic N) is 1. The Morgan fingerprint density at radius 3 is 1.82 bits per heavy atom. The van der Waals surface area contributed by atoms with Crippen LogP contribution < -0.4 is 5.32 Å². The fourth-order valence-electron chi connectivity index (χ4n) is 3.37. The Morgan fingerprint density at radius 2 is 1.33 bits per heavy atom. The van der Waals surface area contributed by atoms with E-state index in [1.165, 1.54) is 12.1 Å². The summed E-state index contributed by atoms with van der Waals surface area (Å²) >= 11 is 0. The summed E-state index contributed by atoms with van der Waals surface area (Å²) in [6, 6.07) is 6.27. The molecule has 0 aliphatic carbocycles. The van der Waals surface area contributed by atoms with Crippen molar-refractivity contribution in [1.29, 1.82) is 0 Å². The first-order valence-electron chi connectivity index (χ1n) is 9.63. The number of hydrogen-bond donors (Lipinski definition) is 1. The van der Waals surface area contributed by atoms with Crippen LogP contribution in [0.25, 0.3) is 0 Å². The summed E-state index contributed by atoms with van der Waals surface area (Å²) < 4.78 is 92.6. The molecule has 0 saturated carbocycles. The van der Waals surface area contributed by atoms with E-state index in [1.54, 1.807) is 17.4 Å². The van der Waals surface area contributed by atoms with Crippen LogP contribution in [-0.4, -0.2) is 29.2 Å². The Labute approximate surface area is 182 Å². The van der Waals surface area contributed by atoms with Crippen LogP contribution in [0.4, 0.5) is 36.4 Å². The SMILES string of the molecule is O=C(CCCCCN1C(=O)c2ccccc2C1=O)Nc1c(F)c(F)c(C(F)(F)F)c(F)c1F. The zero-order valence-corrected chi connectivity index (χ0v) is 16.7. The average molecular weight is 476 g/mol. The van der Waals surface area contributed by atoms with Gasteiger partial charge in [0.05, 0.1) is 11.1 Å². The third kappa shape index (κ3) is 4.69. The maximum absolute atomic E-state index is 13.8. The van der Waals surface area contributed by atoms with Crippen molar-refractivity contribution in [3.05, 3.63) is 64.2 Å². The first-order valence-corrected chi connectivity index (χ1v) is 9.63. The Balaban J connectivity index is 1.53. The molecule has 176 valence electrons. The molecule has 0 bridgehead atoms. The summed E-state index contributed by atoms with van der Waals surface area (Å²) in [5.74, 6) is -12.1. The summed E-state index contributed by atoms with van der Waals surface area (Å²) in [6.07, 6.45) is -5.38. The molecule has 3 rings (SSSR count). The van der Waals surface area contributed by atoms with Crippen molar-refractivity contribution in [2.75, 3.05) is 11.9 Å². The molecule has 0 spiro atoms. The highest BCUT2D eigenvalue weighted by atomic mass is 19.4. The highest BCUT2D eigenvalue weighted by Crippen LogP contribution is 2.38. The summed E-state index contributed by atoms with van der Waals surface area (Å²) in [5.41, 5.74) is -3.83. The Hall–Kier alpha value is -3.44. The molecule has 2 aromatic carbocycles. The van der Waals surface area contributed by atoms with E-state index in [-0.39, 0.29) is 30.5 Å². The van der Waals surface area contributed by atoms with Gasteiger partial charge in [0.25, 0.3) is 11.8 Å². The molecular weight excluding hydrogens is 461 g/mol. The fraction of sp³-hybridized carbons (Fsp3) is 0.286. The fourth-order valence-corrected chi connectivity index (χ4v) is 3.37. The van der Waals surface area contributed by atoms with Gasteiger partial charge in [-0.25, -0.2) is 17.6 Å². The number of halogens is 7. The summed E-state index contributed by atoms with van der Waals surface area (Å²) in [6.45, 7) is 0.0621. The van der Waals surface area contributed by atoms with Gasteiger partial charge in [-0.1, -0.05) is 18.6 Å². The number of hydrogen-bond acceptors (Lipinski definition) is 3. The molecule has 0 aromatic heterocycles. The van der Waals surface area contributed by atoms with E-state index in [0.29, 0.717) is 12.8 Å². The van der Waals surface area contributed by atoms with Crippen LogP contribution >= 0.6 is 0 Å². The second kappa shape index (κ2) is 9.20. The average Bonchev–Trinajstić information content (AvgIpc) is 2.99. The Bertz CT molecular complexity index is 1070. The lowest BCUT2D eigenvalue weighted by Gasteiger charge is -2.15. The topological polar surface area (TPSA) is 66.5 Å². The van der Waals surface area contributed by atoms with Gasteiger partial charge in [0.15, 0.2) is 23.3 Å². The third-order valence-corrected chi connectivity index (χ3v) is 4.98. The molecule has 1 N–H and O–H groups in total. The maximum Gasteiger partial charge on any atom is 0.422 e. The van der Waals surface area contributed by atoms with Crippen molar-refractivity contribution < 1.29 is 45.1 Å². The molecule has 12 heteroatoms. The number of nitrogens with one attached hydrogen (secondary N) is 1. The van der Waals surface area contributed by atoms with Crippen molar-refractivity contribution in [3.8, 4) is 0 Å². The smallest absolute Gasteiger partial charge is 0.321 e. The van der Waals surface area contributed by atoms with Gasteiger partial charge in [-0.3, -0.25) is 19.3 Å². The molecule has 0 unspecified atom stereocenters. The molecular formula is C21H15F7N2O3. The van der Waals surface area contributed by atoms with E-state index in [9.17, 15) is 45.1 Å². The third-order valence-electron chi connectivity index (χ3n) is 4.98. The van der Waals surface area contributed by atoms with E-state index in [4.69, 9.17) is 0 Å². The van der Waals surface area contributed by atoms with Crippen LogP contribution in [0.15, 0.2) is 24.3 Å². The van der Waals surface area contributed by atoms with Gasteiger partial charge < -0.3 is 5.32 Å². The number of fused-ring (bicyclic) bond motifs is 1. The van der Waals surface area contributed by atoms with E-state index in [1.807, 2.05) is 0 Å². The minimum atomic E-state index is -5.68. The van der Waals surface area contributed by atoms with Gasteiger partial charge in [0, 0.05) is 13.0 Å². The molecule has 0 saturated heterocycles. The number of unbranched alkanes of at least 4 members (excludes halogenated alkanes) is 2. The van der Waals surface area contributed by atoms with E-state index in [2.05, 4.69) is 0 Å². The van der Waals surface area contributed by atoms with Crippen molar-refractivity contribution >= 4 is 23.4 Å². The number of carbonyl (C=O) groups is 3. The minimum absolute atomic E-state index is 0.0621. The summed E-state index contributed by atoms with van der Waals surface area (Å²) in [4.78, 5) is 37.4. The number of imide groups is 1. The molecule has 0 fully saturated rings. The van der Waals surface area contributed by atoms with Crippen LogP contribution in [0.1, 0.15) is 52.0 Å². The largest absolute Gasteiger partial charge is 0.422 e. The molecule has 1 aliphatic rings. The maximum atomic E-state index is 13.8. The molecule has 2 aromatic rings. The zero-order valence-electron chi connectivity index (χ0n) is 16.7. The van der Waals surface area contributed by atoms with E-state index >= 15 is 0 Å². The van der Waals surface area contributed by atoms with Gasteiger partial charge in [0.1, 0.15) is 11.3 Å². The van der Waals surface area contributed by atoms with Crippen molar-refractivity contribution in [2.24, 2.45) is 0 Å². The van der Waals surface area contributed by atoms with Gasteiger partial charge >= 0.3 is 6.18 Å². The predicted molar refractivity (Wildman–Crippen MR) is 100 cm³/mol. The molecule has 5 nitrogen and oxygen atoms in total. The van der Waals surface area contributed by atoms with Crippen LogP contribution in [0.2, 0.25) is 0 Å². The van der Waals surface area contributed by atoms with Gasteiger partial charge in [-0.2, -0.15) is 13.2 Å². The monoisotopic (exact) mass is 476 g/mol. The standard InChI is InChI=1S/C21H15F7N2O3/c22-14-13(21(26,27)28)15(23)17(25)18(16(14)24)29-12(31)8-2-1-5-9-30-19(32)10-6-3-4-7-11(10)20(30)33/h3-4,6-7H,1-2,5,8-9H2,(H,29,31). The molecule has 1 heterocycles. The molecule has 33 heavy (non-hydrogen) atoms. The highest BCUT2D eigenvalue weighted by molar-refractivity contribution is 6.21. The van der Waals surface area contributed by atoms with E-state index < -0.39 is 58.4 Å². The van der Waals surface area contributed by atoms with Crippen molar-refractivity contribution in [2.45, 2.75) is 31.9 Å². The molecule has 3 amide bonds. The number of anilines is 1. The first-order chi connectivity index (χ1) is 15.4. The molecule has 0 radical (unpaired) electrons. The summed E-state index contributed by atoms with van der Waals surface area (Å²) in [7, 11) is 0. The Kier molecular flexibility index (Phi) is 6.75. The van der Waals surface area contributed by atoms with Gasteiger partial charge in [-0.05, 0) is 25.0 Å². The summed E-state index contributed by atoms with van der Waals surface area (Å²) in [5, 5.41) is 1.54. The van der Waals surface area contributed by atoms with Crippen molar-refractivity contribution in [3.63, 3.8) is 0 Å².